The second-order valence-electron chi connectivity index (χ2n) is 5.13. The Balaban J connectivity index is 2.27. The van der Waals surface area contributed by atoms with E-state index < -0.39 is 18.3 Å². The number of aliphatic hydroxyl groups is 3. The standard InChI is InChI=1S/C16H26O3/c1-2-3-5-10-15(18)16(19)12-11-14(17)13-8-6-4-7-9-13/h4,6-9,14-19H,2-3,5,10-12H2,1H3/t14?,15-,16+/m1/s1. The topological polar surface area (TPSA) is 60.7 Å². The second kappa shape index (κ2) is 9.08. The van der Waals surface area contributed by atoms with Gasteiger partial charge in [0.2, 0.25) is 0 Å². The maximum Gasteiger partial charge on any atom is 0.0800 e. The SMILES string of the molecule is CCCCC[C@@H](O)[C@@H](O)CCC(O)c1ccccc1. The summed E-state index contributed by atoms with van der Waals surface area (Å²) in [6, 6.07) is 9.41. The summed E-state index contributed by atoms with van der Waals surface area (Å²) in [5.41, 5.74) is 0.857. The normalized spacial score (nSPS) is 16.0. The van der Waals surface area contributed by atoms with Crippen LogP contribution in [0.25, 0.3) is 0 Å². The van der Waals surface area contributed by atoms with Gasteiger partial charge < -0.3 is 15.3 Å². The van der Waals surface area contributed by atoms with Crippen molar-refractivity contribution in [3.05, 3.63) is 35.9 Å². The van der Waals surface area contributed by atoms with Crippen LogP contribution >= 0.6 is 0 Å². The molecule has 3 atom stereocenters. The van der Waals surface area contributed by atoms with Gasteiger partial charge in [-0.25, -0.2) is 0 Å². The van der Waals surface area contributed by atoms with Crippen LogP contribution in [-0.2, 0) is 0 Å². The summed E-state index contributed by atoms with van der Waals surface area (Å²) >= 11 is 0. The van der Waals surface area contributed by atoms with Crippen molar-refractivity contribution in [3.8, 4) is 0 Å². The molecule has 0 fully saturated rings. The molecule has 0 saturated carbocycles. The number of benzene rings is 1. The Hall–Kier alpha value is -0.900. The monoisotopic (exact) mass is 266 g/mol. The van der Waals surface area contributed by atoms with Crippen molar-refractivity contribution < 1.29 is 15.3 Å². The van der Waals surface area contributed by atoms with Gasteiger partial charge in [0, 0.05) is 0 Å². The molecule has 0 spiro atoms. The first-order valence-corrected chi connectivity index (χ1v) is 7.24. The van der Waals surface area contributed by atoms with Gasteiger partial charge in [0.1, 0.15) is 0 Å². The number of hydrogen-bond donors (Lipinski definition) is 3. The molecule has 1 unspecified atom stereocenters. The number of hydrogen-bond acceptors (Lipinski definition) is 3. The summed E-state index contributed by atoms with van der Waals surface area (Å²) in [6.07, 6.45) is 2.67. The molecule has 3 heteroatoms. The molecule has 3 nitrogen and oxygen atoms in total. The minimum absolute atomic E-state index is 0.420. The molecule has 0 aromatic heterocycles. The van der Waals surface area contributed by atoms with Gasteiger partial charge in [-0.1, -0.05) is 56.5 Å². The molecular weight excluding hydrogens is 240 g/mol. The molecule has 0 aliphatic carbocycles. The van der Waals surface area contributed by atoms with Gasteiger partial charge in [0.05, 0.1) is 18.3 Å². The van der Waals surface area contributed by atoms with Gasteiger partial charge in [-0.15, -0.1) is 0 Å². The highest BCUT2D eigenvalue weighted by atomic mass is 16.3. The minimum Gasteiger partial charge on any atom is -0.390 e. The molecular formula is C16H26O3. The summed E-state index contributed by atoms with van der Waals surface area (Å²) in [6.45, 7) is 2.11. The van der Waals surface area contributed by atoms with E-state index in [-0.39, 0.29) is 0 Å². The van der Waals surface area contributed by atoms with Crippen molar-refractivity contribution in [2.24, 2.45) is 0 Å². The number of unbranched alkanes of at least 4 members (excludes halogenated alkanes) is 2. The van der Waals surface area contributed by atoms with Crippen LogP contribution in [0.1, 0.15) is 57.1 Å². The van der Waals surface area contributed by atoms with Crippen LogP contribution in [0.2, 0.25) is 0 Å². The summed E-state index contributed by atoms with van der Waals surface area (Å²) in [5, 5.41) is 29.6. The third-order valence-corrected chi connectivity index (χ3v) is 3.47. The molecule has 0 saturated heterocycles. The minimum atomic E-state index is -0.741. The lowest BCUT2D eigenvalue weighted by Gasteiger charge is -2.19. The van der Waals surface area contributed by atoms with E-state index in [0.29, 0.717) is 19.3 Å². The van der Waals surface area contributed by atoms with Crippen LogP contribution in [-0.4, -0.2) is 27.5 Å². The van der Waals surface area contributed by atoms with E-state index in [4.69, 9.17) is 0 Å². The maximum atomic E-state index is 9.97. The molecule has 1 rings (SSSR count). The van der Waals surface area contributed by atoms with E-state index in [9.17, 15) is 15.3 Å². The maximum absolute atomic E-state index is 9.97. The van der Waals surface area contributed by atoms with Crippen molar-refractivity contribution in [3.63, 3.8) is 0 Å². The van der Waals surface area contributed by atoms with E-state index in [2.05, 4.69) is 6.92 Å². The lowest BCUT2D eigenvalue weighted by molar-refractivity contribution is 0.000103. The molecule has 0 aliphatic heterocycles. The number of aliphatic hydroxyl groups excluding tert-OH is 3. The van der Waals surface area contributed by atoms with Crippen molar-refractivity contribution in [1.29, 1.82) is 0 Å². The number of rotatable bonds is 9. The quantitative estimate of drug-likeness (QED) is 0.602. The summed E-state index contributed by atoms with van der Waals surface area (Å²) in [7, 11) is 0. The molecule has 0 amide bonds. The molecule has 3 N–H and O–H groups in total. The Morgan fingerprint density at radius 3 is 2.11 bits per heavy atom. The Labute approximate surface area is 115 Å². The average Bonchev–Trinajstić information content (AvgIpc) is 2.45. The van der Waals surface area contributed by atoms with Crippen LogP contribution in [0.4, 0.5) is 0 Å². The third-order valence-electron chi connectivity index (χ3n) is 3.47. The molecule has 19 heavy (non-hydrogen) atoms. The predicted octanol–water partition coefficient (Wildman–Crippen LogP) is 2.80. The summed E-state index contributed by atoms with van der Waals surface area (Å²) in [4.78, 5) is 0. The van der Waals surface area contributed by atoms with Gasteiger partial charge in [-0.2, -0.15) is 0 Å². The fourth-order valence-corrected chi connectivity index (χ4v) is 2.16. The van der Waals surface area contributed by atoms with Gasteiger partial charge in [0.15, 0.2) is 0 Å². The van der Waals surface area contributed by atoms with Crippen molar-refractivity contribution in [1.82, 2.24) is 0 Å². The largest absolute Gasteiger partial charge is 0.390 e. The van der Waals surface area contributed by atoms with Crippen LogP contribution < -0.4 is 0 Å². The smallest absolute Gasteiger partial charge is 0.0800 e. The average molecular weight is 266 g/mol. The molecule has 1 aromatic carbocycles. The van der Waals surface area contributed by atoms with Crippen LogP contribution in [0, 0.1) is 0 Å². The Morgan fingerprint density at radius 1 is 0.842 bits per heavy atom. The van der Waals surface area contributed by atoms with Gasteiger partial charge >= 0.3 is 0 Å². The summed E-state index contributed by atoms with van der Waals surface area (Å²) in [5.74, 6) is 0. The van der Waals surface area contributed by atoms with Gasteiger partial charge in [-0.05, 0) is 24.8 Å². The highest BCUT2D eigenvalue weighted by Gasteiger charge is 2.17. The van der Waals surface area contributed by atoms with Gasteiger partial charge in [0.25, 0.3) is 0 Å². The Kier molecular flexibility index (Phi) is 7.72. The highest BCUT2D eigenvalue weighted by Crippen LogP contribution is 2.20. The van der Waals surface area contributed by atoms with Crippen LogP contribution in [0.15, 0.2) is 30.3 Å². The zero-order valence-corrected chi connectivity index (χ0v) is 11.7. The predicted molar refractivity (Wildman–Crippen MR) is 76.8 cm³/mol. The molecule has 0 heterocycles. The second-order valence-corrected chi connectivity index (χ2v) is 5.13. The lowest BCUT2D eigenvalue weighted by Crippen LogP contribution is -2.26. The van der Waals surface area contributed by atoms with Crippen molar-refractivity contribution in [2.75, 3.05) is 0 Å². The molecule has 1 aromatic rings. The summed E-state index contributed by atoms with van der Waals surface area (Å²) < 4.78 is 0. The zero-order chi connectivity index (χ0) is 14.1. The Bertz CT molecular complexity index is 326. The molecule has 108 valence electrons. The first kappa shape index (κ1) is 16.2. The van der Waals surface area contributed by atoms with Crippen LogP contribution in [0.5, 0.6) is 0 Å². The molecule has 0 bridgehead atoms. The van der Waals surface area contributed by atoms with Gasteiger partial charge in [-0.3, -0.25) is 0 Å². The fraction of sp³-hybridized carbons (Fsp3) is 0.625. The van der Waals surface area contributed by atoms with E-state index in [1.807, 2.05) is 30.3 Å². The zero-order valence-electron chi connectivity index (χ0n) is 11.7. The molecule has 0 radical (unpaired) electrons. The lowest BCUT2D eigenvalue weighted by atomic mass is 9.98. The highest BCUT2D eigenvalue weighted by molar-refractivity contribution is 5.17. The van der Waals surface area contributed by atoms with Crippen molar-refractivity contribution in [2.45, 2.75) is 63.8 Å². The molecule has 0 aliphatic rings. The van der Waals surface area contributed by atoms with E-state index >= 15 is 0 Å². The third kappa shape index (κ3) is 6.19. The van der Waals surface area contributed by atoms with Crippen LogP contribution in [0.3, 0.4) is 0 Å². The van der Waals surface area contributed by atoms with E-state index in [1.165, 1.54) is 0 Å². The van der Waals surface area contributed by atoms with Crippen molar-refractivity contribution >= 4 is 0 Å². The first-order chi connectivity index (χ1) is 9.15. The van der Waals surface area contributed by atoms with E-state index in [0.717, 1.165) is 24.8 Å². The van der Waals surface area contributed by atoms with E-state index in [1.54, 1.807) is 0 Å². The first-order valence-electron chi connectivity index (χ1n) is 7.24. The Morgan fingerprint density at radius 2 is 1.47 bits per heavy atom. The fourth-order valence-electron chi connectivity index (χ4n) is 2.16.